The van der Waals surface area contributed by atoms with Gasteiger partial charge >= 0.3 is 35.6 Å². The van der Waals surface area contributed by atoms with Crippen LogP contribution in [0.15, 0.2) is 66.5 Å². The van der Waals surface area contributed by atoms with E-state index >= 15 is 0 Å². The molecule has 0 aliphatic heterocycles. The van der Waals surface area contributed by atoms with Gasteiger partial charge in [0.2, 0.25) is 0 Å². The Kier molecular flexibility index (Phi) is 7.98. The summed E-state index contributed by atoms with van der Waals surface area (Å²) >= 11 is -0.556. The van der Waals surface area contributed by atoms with Crippen LogP contribution in [0, 0.1) is 12.2 Å². The van der Waals surface area contributed by atoms with Crippen molar-refractivity contribution in [2.24, 2.45) is 0 Å². The Morgan fingerprint density at radius 3 is 2.39 bits per heavy atom. The molecule has 1 aromatic carbocycles. The number of nitrogens with zero attached hydrogens (tertiary/aromatic N) is 1. The van der Waals surface area contributed by atoms with E-state index in [0.717, 1.165) is 6.42 Å². The zero-order chi connectivity index (χ0) is 16.5. The predicted molar refractivity (Wildman–Crippen MR) is 94.6 cm³/mol. The second-order valence-corrected chi connectivity index (χ2v) is 7.59. The summed E-state index contributed by atoms with van der Waals surface area (Å²) in [4.78, 5) is 0. The third kappa shape index (κ3) is 5.55. The van der Waals surface area contributed by atoms with Gasteiger partial charge in [-0.25, -0.2) is 23.8 Å². The summed E-state index contributed by atoms with van der Waals surface area (Å²) in [5.41, 5.74) is 3.89. The van der Waals surface area contributed by atoms with E-state index in [-0.39, 0.29) is 6.04 Å². The maximum absolute atomic E-state index is 4.89. The summed E-state index contributed by atoms with van der Waals surface area (Å²) in [6, 6.07) is 12.8. The normalized spacial score (nSPS) is 16.7. The van der Waals surface area contributed by atoms with E-state index in [0.29, 0.717) is 0 Å². The molecule has 1 atom stereocenters. The number of allylic oxidation sites excluding steroid dienone is 5. The van der Waals surface area contributed by atoms with Crippen LogP contribution in [0.4, 0.5) is 0 Å². The van der Waals surface area contributed by atoms with E-state index in [1.807, 2.05) is 12.1 Å². The van der Waals surface area contributed by atoms with Gasteiger partial charge in [0, 0.05) is 12.4 Å². The van der Waals surface area contributed by atoms with Gasteiger partial charge in [-0.15, -0.1) is 18.1 Å². The first-order chi connectivity index (χ1) is 11.3. The molecule has 0 saturated heterocycles. The molecule has 0 fully saturated rings. The van der Waals surface area contributed by atoms with E-state index < -0.39 is 17.0 Å². The van der Waals surface area contributed by atoms with Gasteiger partial charge in [0.1, 0.15) is 0 Å². The molecule has 1 nitrogen and oxygen atoms in total. The Morgan fingerprint density at radius 2 is 1.83 bits per heavy atom. The van der Waals surface area contributed by atoms with Gasteiger partial charge in [-0.2, -0.15) is 11.6 Å². The van der Waals surface area contributed by atoms with E-state index in [1.165, 1.54) is 16.7 Å². The van der Waals surface area contributed by atoms with Crippen molar-refractivity contribution >= 4 is 24.7 Å². The Hall–Kier alpha value is -0.986. The van der Waals surface area contributed by atoms with Crippen molar-refractivity contribution in [2.45, 2.75) is 19.4 Å². The van der Waals surface area contributed by atoms with Crippen molar-refractivity contribution in [2.75, 3.05) is 0 Å². The van der Waals surface area contributed by atoms with Crippen molar-refractivity contribution in [1.82, 2.24) is 4.57 Å². The van der Waals surface area contributed by atoms with Gasteiger partial charge in [0.15, 0.2) is 0 Å². The third-order valence-corrected chi connectivity index (χ3v) is 3.48. The Bertz CT molecular complexity index is 684. The molecular weight excluding hydrogens is 361 g/mol. The Morgan fingerprint density at radius 1 is 1.13 bits per heavy atom. The minimum absolute atomic E-state index is 0.265. The number of hydrogen-bond acceptors (Lipinski definition) is 0. The molecule has 118 valence electrons. The molecule has 0 bridgehead atoms. The van der Waals surface area contributed by atoms with Crippen molar-refractivity contribution in [3.8, 4) is 0 Å². The molecule has 1 heterocycles. The van der Waals surface area contributed by atoms with Crippen LogP contribution < -0.4 is 0 Å². The van der Waals surface area contributed by atoms with Gasteiger partial charge in [0.25, 0.3) is 0 Å². The quantitative estimate of drug-likeness (QED) is 0.425. The molecule has 0 amide bonds. The molecule has 0 N–H and O–H groups in total. The van der Waals surface area contributed by atoms with Gasteiger partial charge < -0.3 is 4.57 Å². The van der Waals surface area contributed by atoms with Crippen LogP contribution in [0.5, 0.6) is 0 Å². The monoisotopic (exact) mass is 377 g/mol. The van der Waals surface area contributed by atoms with Crippen molar-refractivity contribution in [1.29, 1.82) is 0 Å². The summed E-state index contributed by atoms with van der Waals surface area (Å²) < 4.78 is 2.17. The number of benzene rings is 1. The number of fused-ring (bicyclic) bond motifs is 1. The molecule has 0 spiro atoms. The van der Waals surface area contributed by atoms with Gasteiger partial charge in [-0.1, -0.05) is 25.1 Å². The molecule has 23 heavy (non-hydrogen) atoms. The predicted octanol–water partition coefficient (Wildman–Crippen LogP) is 5.98. The first kappa shape index (κ1) is 18.4. The SMILES string of the molecule is CC1=[C-]CC=C1.[C-]1=Cc2ccccc2C1n1cccc1.[Cl][Ti][Cl]. The molecule has 2 aliphatic carbocycles. The molecule has 0 saturated carbocycles. The standard InChI is InChI=1S/C13H10N.C6H7.2ClH.Ti/c1-2-6-12-11(5-1)7-8-13(12)14-9-3-4-10-14;1-6-4-2-3-5-6;;;/h1-7,9-10,13H;2,4H,3H2,1H3;2*1H;/q2*-1;;;+2/p-2. The van der Waals surface area contributed by atoms with Crippen LogP contribution in [0.25, 0.3) is 6.08 Å². The van der Waals surface area contributed by atoms with Crippen LogP contribution in [-0.2, 0) is 17.0 Å². The minimum atomic E-state index is -0.556. The zero-order valence-corrected chi connectivity index (χ0v) is 15.9. The maximum atomic E-state index is 4.89. The molecule has 0 radical (unpaired) electrons. The second-order valence-electron chi connectivity index (χ2n) is 5.01. The molecule has 1 aromatic heterocycles. The number of hydrogen-bond donors (Lipinski definition) is 0. The molecular formula is C19H17Cl2NTi-2. The van der Waals surface area contributed by atoms with Gasteiger partial charge in [-0.05, 0) is 18.2 Å². The first-order valence-electron chi connectivity index (χ1n) is 7.27. The van der Waals surface area contributed by atoms with Crippen LogP contribution in [0.1, 0.15) is 30.5 Å². The molecule has 2 aromatic rings. The Labute approximate surface area is 155 Å². The summed E-state index contributed by atoms with van der Waals surface area (Å²) in [5.74, 6) is 0. The summed E-state index contributed by atoms with van der Waals surface area (Å²) in [6.07, 6.45) is 17.9. The topological polar surface area (TPSA) is 4.93 Å². The average Bonchev–Trinajstić information content (AvgIpc) is 3.29. The van der Waals surface area contributed by atoms with E-state index in [9.17, 15) is 0 Å². The fourth-order valence-electron chi connectivity index (χ4n) is 2.43. The van der Waals surface area contributed by atoms with Crippen LogP contribution in [-0.4, -0.2) is 4.57 Å². The molecule has 2 aliphatic rings. The van der Waals surface area contributed by atoms with Crippen LogP contribution in [0.2, 0.25) is 0 Å². The van der Waals surface area contributed by atoms with Crippen LogP contribution >= 0.6 is 18.6 Å². The average molecular weight is 378 g/mol. The Balaban J connectivity index is 0.000000178. The van der Waals surface area contributed by atoms with Crippen molar-refractivity contribution in [3.05, 3.63) is 89.8 Å². The summed E-state index contributed by atoms with van der Waals surface area (Å²) in [5, 5.41) is 0. The van der Waals surface area contributed by atoms with Gasteiger partial charge in [-0.3, -0.25) is 6.08 Å². The van der Waals surface area contributed by atoms with Crippen LogP contribution in [0.3, 0.4) is 0 Å². The van der Waals surface area contributed by atoms with Crippen molar-refractivity contribution < 1.29 is 17.0 Å². The third-order valence-electron chi connectivity index (χ3n) is 3.48. The number of aromatic nitrogens is 1. The van der Waals surface area contributed by atoms with E-state index in [2.05, 4.69) is 78.5 Å². The molecule has 4 heteroatoms. The summed E-state index contributed by atoms with van der Waals surface area (Å²) in [6.45, 7) is 2.06. The zero-order valence-electron chi connectivity index (χ0n) is 12.8. The molecule has 1 unspecified atom stereocenters. The molecule has 4 rings (SSSR count). The fourth-order valence-corrected chi connectivity index (χ4v) is 2.43. The number of halogens is 2. The van der Waals surface area contributed by atoms with Gasteiger partial charge in [0.05, 0.1) is 0 Å². The first-order valence-corrected chi connectivity index (χ1v) is 11.6. The van der Waals surface area contributed by atoms with Crippen molar-refractivity contribution in [3.63, 3.8) is 0 Å². The fraction of sp³-hybridized carbons (Fsp3) is 0.158. The second kappa shape index (κ2) is 10.00. The number of rotatable bonds is 1. The van der Waals surface area contributed by atoms with E-state index in [4.69, 9.17) is 18.6 Å². The van der Waals surface area contributed by atoms with E-state index in [1.54, 1.807) is 0 Å². The summed E-state index contributed by atoms with van der Waals surface area (Å²) in [7, 11) is 9.78.